The van der Waals surface area contributed by atoms with Crippen molar-refractivity contribution in [2.75, 3.05) is 28.4 Å². The molecule has 8 heteroatoms. The van der Waals surface area contributed by atoms with Crippen molar-refractivity contribution in [2.24, 2.45) is 4.99 Å². The lowest BCUT2D eigenvalue weighted by Gasteiger charge is -2.31. The average Bonchev–Trinajstić information content (AvgIpc) is 3.29. The largest absolute Gasteiger partial charge is 0.497 e. The molecule has 3 aromatic carbocycles. The Balaban J connectivity index is 1.62. The van der Waals surface area contributed by atoms with Crippen LogP contribution in [0.1, 0.15) is 34.7 Å². The molecule has 0 bridgehead atoms. The highest BCUT2D eigenvalue weighted by atomic mass is 32.1. The van der Waals surface area contributed by atoms with E-state index < -0.39 is 0 Å². The molecule has 1 aliphatic heterocycles. The van der Waals surface area contributed by atoms with Crippen LogP contribution in [0.3, 0.4) is 0 Å². The topological polar surface area (TPSA) is 71.3 Å². The molecule has 0 amide bonds. The van der Waals surface area contributed by atoms with Crippen molar-refractivity contribution in [1.29, 1.82) is 0 Å². The zero-order chi connectivity index (χ0) is 27.1. The average molecular weight is 541 g/mol. The Hall–Kier alpha value is -4.30. The highest BCUT2D eigenvalue weighted by Gasteiger charge is 2.33. The molecule has 1 aromatic heterocycles. The third-order valence-corrected chi connectivity index (χ3v) is 8.30. The number of aryl methyl sites for hydroxylation is 1. The molecule has 7 nitrogen and oxygen atoms in total. The normalized spacial score (nSPS) is 16.1. The second-order valence-corrected chi connectivity index (χ2v) is 10.3. The van der Waals surface area contributed by atoms with Crippen LogP contribution >= 0.6 is 11.3 Å². The van der Waals surface area contributed by atoms with Crippen molar-refractivity contribution in [3.8, 4) is 23.0 Å². The summed E-state index contributed by atoms with van der Waals surface area (Å²) in [5, 5.41) is 0. The fourth-order valence-electron chi connectivity index (χ4n) is 5.44. The van der Waals surface area contributed by atoms with E-state index in [0.717, 1.165) is 40.8 Å². The maximum absolute atomic E-state index is 14.1. The van der Waals surface area contributed by atoms with Gasteiger partial charge in [-0.2, -0.15) is 0 Å². The van der Waals surface area contributed by atoms with E-state index in [1.165, 1.54) is 16.9 Å². The minimum absolute atomic E-state index is 0.103. The van der Waals surface area contributed by atoms with Crippen molar-refractivity contribution < 1.29 is 18.9 Å². The Kier molecular flexibility index (Phi) is 6.48. The van der Waals surface area contributed by atoms with Crippen molar-refractivity contribution in [3.63, 3.8) is 0 Å². The summed E-state index contributed by atoms with van der Waals surface area (Å²) in [6, 6.07) is 19.5. The van der Waals surface area contributed by atoms with Crippen LogP contribution in [0.25, 0.3) is 11.8 Å². The third kappa shape index (κ3) is 4.21. The van der Waals surface area contributed by atoms with Gasteiger partial charge in [0.1, 0.15) is 11.5 Å². The number of rotatable bonds is 6. The van der Waals surface area contributed by atoms with Crippen molar-refractivity contribution >= 4 is 23.1 Å². The van der Waals surface area contributed by atoms with Crippen LogP contribution in [0.5, 0.6) is 23.0 Å². The maximum Gasteiger partial charge on any atom is 0.271 e. The Labute approximate surface area is 229 Å². The minimum atomic E-state index is -0.321. The highest BCUT2D eigenvalue weighted by Crippen LogP contribution is 2.42. The molecule has 2 aliphatic rings. The van der Waals surface area contributed by atoms with Gasteiger partial charge in [0, 0.05) is 11.1 Å². The molecule has 0 unspecified atom stereocenters. The number of ether oxygens (including phenoxy) is 4. The van der Waals surface area contributed by atoms with Gasteiger partial charge in [-0.15, -0.1) is 0 Å². The second-order valence-electron chi connectivity index (χ2n) is 9.34. The molecule has 1 atom stereocenters. The van der Waals surface area contributed by atoms with E-state index in [1.807, 2.05) is 53.1 Å². The number of fused-ring (bicyclic) bond motifs is 3. The minimum Gasteiger partial charge on any atom is -0.497 e. The van der Waals surface area contributed by atoms with Gasteiger partial charge in [0.15, 0.2) is 16.3 Å². The molecular formula is C31H28N2O5S. The number of allylic oxidation sites excluding steroid dienone is 1. The van der Waals surface area contributed by atoms with Gasteiger partial charge >= 0.3 is 0 Å². The first-order chi connectivity index (χ1) is 19.1. The summed E-state index contributed by atoms with van der Waals surface area (Å²) in [5.41, 5.74) is 6.07. The summed E-state index contributed by atoms with van der Waals surface area (Å²) < 4.78 is 24.5. The van der Waals surface area contributed by atoms with Gasteiger partial charge in [-0.05, 0) is 65.9 Å². The van der Waals surface area contributed by atoms with Gasteiger partial charge in [0.25, 0.3) is 5.56 Å². The van der Waals surface area contributed by atoms with E-state index >= 15 is 0 Å². The SMILES string of the molecule is COc1ccc(OC)c(/C=c2/sc3n(c2=O)[C@@H](c2ccc(OC)c(OC)c2)C2=C(N=3)c3ccccc3CC2)c1. The molecule has 0 fully saturated rings. The molecule has 0 spiro atoms. The Morgan fingerprint density at radius 2 is 1.64 bits per heavy atom. The molecule has 39 heavy (non-hydrogen) atoms. The van der Waals surface area contributed by atoms with E-state index in [0.29, 0.717) is 32.3 Å². The van der Waals surface area contributed by atoms with Gasteiger partial charge in [-0.25, -0.2) is 4.99 Å². The van der Waals surface area contributed by atoms with Gasteiger partial charge in [-0.1, -0.05) is 41.7 Å². The summed E-state index contributed by atoms with van der Waals surface area (Å²) in [6.07, 6.45) is 3.55. The molecule has 0 radical (unpaired) electrons. The van der Waals surface area contributed by atoms with Gasteiger partial charge in [-0.3, -0.25) is 9.36 Å². The maximum atomic E-state index is 14.1. The predicted molar refractivity (Wildman–Crippen MR) is 152 cm³/mol. The van der Waals surface area contributed by atoms with Gasteiger partial charge < -0.3 is 18.9 Å². The number of thiazole rings is 1. The molecule has 2 heterocycles. The smallest absolute Gasteiger partial charge is 0.271 e. The summed E-state index contributed by atoms with van der Waals surface area (Å²) in [4.78, 5) is 19.8. The molecule has 0 N–H and O–H groups in total. The Bertz CT molecular complexity index is 1800. The monoisotopic (exact) mass is 540 g/mol. The molecule has 198 valence electrons. The zero-order valence-electron chi connectivity index (χ0n) is 22.2. The fourth-order valence-corrected chi connectivity index (χ4v) is 6.43. The van der Waals surface area contributed by atoms with E-state index in [9.17, 15) is 4.79 Å². The molecular weight excluding hydrogens is 512 g/mol. The van der Waals surface area contributed by atoms with Crippen molar-refractivity contribution in [3.05, 3.63) is 108 Å². The number of methoxy groups -OCH3 is 4. The molecule has 0 saturated carbocycles. The van der Waals surface area contributed by atoms with Crippen LogP contribution < -0.4 is 33.8 Å². The molecule has 6 rings (SSSR count). The number of benzene rings is 3. The van der Waals surface area contributed by atoms with Crippen LogP contribution in [-0.4, -0.2) is 33.0 Å². The first kappa shape index (κ1) is 25.0. The quantitative estimate of drug-likeness (QED) is 0.364. The van der Waals surface area contributed by atoms with Crippen LogP contribution in [0.4, 0.5) is 0 Å². The highest BCUT2D eigenvalue weighted by molar-refractivity contribution is 7.07. The third-order valence-electron chi connectivity index (χ3n) is 7.32. The Morgan fingerprint density at radius 3 is 2.41 bits per heavy atom. The first-order valence-electron chi connectivity index (χ1n) is 12.6. The van der Waals surface area contributed by atoms with E-state index in [2.05, 4.69) is 18.2 Å². The van der Waals surface area contributed by atoms with Crippen molar-refractivity contribution in [2.45, 2.75) is 18.9 Å². The van der Waals surface area contributed by atoms with Gasteiger partial charge in [0.2, 0.25) is 0 Å². The van der Waals surface area contributed by atoms with Crippen LogP contribution in [0, 0.1) is 0 Å². The zero-order valence-corrected chi connectivity index (χ0v) is 23.0. The summed E-state index contributed by atoms with van der Waals surface area (Å²) in [7, 11) is 6.47. The van der Waals surface area contributed by atoms with Crippen LogP contribution in [0.2, 0.25) is 0 Å². The van der Waals surface area contributed by atoms with E-state index in [4.69, 9.17) is 23.9 Å². The molecule has 1 aliphatic carbocycles. The lowest BCUT2D eigenvalue weighted by Crippen LogP contribution is -2.38. The van der Waals surface area contributed by atoms with Crippen molar-refractivity contribution in [1.82, 2.24) is 4.57 Å². The standard InChI is InChI=1S/C31H28N2O5S/c1-35-21-11-14-24(36-2)20(15-21)17-27-30(34)33-29(19-10-13-25(37-3)26(16-19)38-4)23-12-9-18-7-5-6-8-22(18)28(23)32-31(33)39-27/h5-8,10-11,13-17,29H,9,12H2,1-4H3/b27-17+/t29-/m0/s1. The second kappa shape index (κ2) is 10.1. The van der Waals surface area contributed by atoms with Crippen LogP contribution in [-0.2, 0) is 6.42 Å². The van der Waals surface area contributed by atoms with E-state index in [-0.39, 0.29) is 11.6 Å². The summed E-state index contributed by atoms with van der Waals surface area (Å²) >= 11 is 1.38. The number of hydrogen-bond donors (Lipinski definition) is 0. The molecule has 0 saturated heterocycles. The van der Waals surface area contributed by atoms with Gasteiger partial charge in [0.05, 0.1) is 44.7 Å². The Morgan fingerprint density at radius 1 is 0.872 bits per heavy atom. The number of aromatic nitrogens is 1. The predicted octanol–water partition coefficient (Wildman–Crippen LogP) is 4.35. The van der Waals surface area contributed by atoms with Crippen LogP contribution in [0.15, 0.2) is 76.0 Å². The van der Waals surface area contributed by atoms with E-state index in [1.54, 1.807) is 28.4 Å². The first-order valence-corrected chi connectivity index (χ1v) is 13.4. The fraction of sp³-hybridized carbons (Fsp3) is 0.226. The lowest BCUT2D eigenvalue weighted by atomic mass is 9.83. The number of hydrogen-bond acceptors (Lipinski definition) is 7. The summed E-state index contributed by atoms with van der Waals surface area (Å²) in [5.74, 6) is 2.60. The number of nitrogens with zero attached hydrogens (tertiary/aromatic N) is 2. The summed E-state index contributed by atoms with van der Waals surface area (Å²) in [6.45, 7) is 0. The lowest BCUT2D eigenvalue weighted by molar-refractivity contribution is 0.354. The molecule has 4 aromatic rings.